The van der Waals surface area contributed by atoms with Crippen molar-refractivity contribution < 1.29 is 23.9 Å². The van der Waals surface area contributed by atoms with Gasteiger partial charge in [0.2, 0.25) is 5.91 Å². The van der Waals surface area contributed by atoms with Crippen molar-refractivity contribution >= 4 is 40.4 Å². The van der Waals surface area contributed by atoms with Gasteiger partial charge < -0.3 is 19.3 Å². The second kappa shape index (κ2) is 12.8. The highest BCUT2D eigenvalue weighted by atomic mass is 16.5. The predicted molar refractivity (Wildman–Crippen MR) is 169 cm³/mol. The van der Waals surface area contributed by atoms with Crippen LogP contribution in [0, 0.1) is 12.8 Å². The van der Waals surface area contributed by atoms with Gasteiger partial charge in [0.25, 0.3) is 0 Å². The van der Waals surface area contributed by atoms with E-state index in [1.165, 1.54) is 6.92 Å². The number of nitrogens with zero attached hydrogens (tertiary/aromatic N) is 3. The molecule has 5 rings (SSSR count). The van der Waals surface area contributed by atoms with Crippen LogP contribution in [0.3, 0.4) is 0 Å². The summed E-state index contributed by atoms with van der Waals surface area (Å²) in [4.78, 5) is 47.9. The minimum atomic E-state index is -0.568. The topological polar surface area (TPSA) is 88.5 Å². The number of methoxy groups -OCH3 is 1. The molecule has 1 aliphatic carbocycles. The molecule has 0 spiro atoms. The number of carbonyl (C=O) groups excluding carboxylic acids is 3. The number of rotatable bonds is 8. The van der Waals surface area contributed by atoms with Gasteiger partial charge in [0.05, 0.1) is 37.0 Å². The molecule has 3 unspecified atom stereocenters. The molecule has 0 aromatic heterocycles. The first kappa shape index (κ1) is 30.0. The first-order chi connectivity index (χ1) is 20.7. The summed E-state index contributed by atoms with van der Waals surface area (Å²) in [6, 6.07) is 21.1. The van der Waals surface area contributed by atoms with Gasteiger partial charge in [-0.15, -0.1) is 0 Å². The molecule has 43 heavy (non-hydrogen) atoms. The third kappa shape index (κ3) is 6.19. The minimum Gasteiger partial charge on any atom is -0.497 e. The average molecular weight is 582 g/mol. The van der Waals surface area contributed by atoms with Gasteiger partial charge in [-0.3, -0.25) is 19.4 Å². The van der Waals surface area contributed by atoms with Gasteiger partial charge in [0.15, 0.2) is 0 Å². The van der Waals surface area contributed by atoms with E-state index in [1.54, 1.807) is 18.9 Å². The molecule has 0 radical (unpaired) electrons. The van der Waals surface area contributed by atoms with Crippen LogP contribution in [0.25, 0.3) is 0 Å². The first-order valence-electron chi connectivity index (χ1n) is 14.8. The summed E-state index contributed by atoms with van der Waals surface area (Å²) in [5, 5.41) is 0. The van der Waals surface area contributed by atoms with E-state index in [4.69, 9.17) is 14.5 Å². The zero-order valence-electron chi connectivity index (χ0n) is 25.5. The number of para-hydroxylation sites is 2. The first-order valence-corrected chi connectivity index (χ1v) is 14.8. The second-order valence-electron chi connectivity index (χ2n) is 11.2. The van der Waals surface area contributed by atoms with Crippen LogP contribution in [-0.4, -0.2) is 50.2 Å². The molecule has 0 saturated heterocycles. The summed E-state index contributed by atoms with van der Waals surface area (Å²) >= 11 is 0. The number of likely N-dealkylation sites (N-methyl/N-ethyl adjacent to an activating group) is 1. The van der Waals surface area contributed by atoms with Crippen molar-refractivity contribution in [2.24, 2.45) is 10.9 Å². The van der Waals surface area contributed by atoms with Crippen LogP contribution >= 0.6 is 0 Å². The lowest BCUT2D eigenvalue weighted by Gasteiger charge is -2.39. The van der Waals surface area contributed by atoms with Gasteiger partial charge in [0.1, 0.15) is 18.1 Å². The van der Waals surface area contributed by atoms with Crippen molar-refractivity contribution in [3.05, 3.63) is 83.4 Å². The fourth-order valence-corrected chi connectivity index (χ4v) is 6.45. The Kier molecular flexibility index (Phi) is 8.94. The largest absolute Gasteiger partial charge is 0.497 e. The number of esters is 1. The van der Waals surface area contributed by atoms with Crippen LogP contribution in [0.15, 0.2) is 71.7 Å². The van der Waals surface area contributed by atoms with E-state index in [0.717, 1.165) is 40.4 Å². The Morgan fingerprint density at radius 3 is 2.42 bits per heavy atom. The van der Waals surface area contributed by atoms with Crippen LogP contribution in [0.4, 0.5) is 17.1 Å². The number of amides is 1. The lowest BCUT2D eigenvalue weighted by molar-refractivity contribution is -0.140. The molecule has 1 fully saturated rings. The third-order valence-corrected chi connectivity index (χ3v) is 8.52. The van der Waals surface area contributed by atoms with Gasteiger partial charge in [-0.25, -0.2) is 0 Å². The standard InChI is InChI=1S/C35H39N3O5/c1-6-37(17-18-43-24(4)40)27-13-16-29(22(2)19-27)35-34-31(36-30-9-7-8-10-32(30)38(35)23(3)39)20-26(21-33(34)41)25-11-14-28(42-5)15-12-25/h7-16,19,26,34-35H,6,17-18,20-21H2,1-5H3. The molecule has 1 saturated carbocycles. The van der Waals surface area contributed by atoms with E-state index in [9.17, 15) is 14.4 Å². The number of Topliss-reactive ketones (excluding diaryl/α,β-unsaturated/α-hetero) is 1. The van der Waals surface area contributed by atoms with E-state index < -0.39 is 12.0 Å². The number of fused-ring (bicyclic) bond motifs is 2. The van der Waals surface area contributed by atoms with E-state index in [1.807, 2.05) is 67.6 Å². The highest BCUT2D eigenvalue weighted by Gasteiger charge is 2.46. The van der Waals surface area contributed by atoms with Crippen LogP contribution in [0.1, 0.15) is 62.3 Å². The molecule has 0 N–H and O–H groups in total. The zero-order chi connectivity index (χ0) is 30.7. The molecule has 2 aliphatic rings. The number of ether oxygens (including phenoxy) is 2. The highest BCUT2D eigenvalue weighted by molar-refractivity contribution is 6.13. The Morgan fingerprint density at radius 2 is 1.77 bits per heavy atom. The van der Waals surface area contributed by atoms with Crippen molar-refractivity contribution in [2.45, 2.75) is 52.5 Å². The van der Waals surface area contributed by atoms with Crippen LogP contribution in [0.5, 0.6) is 5.75 Å². The van der Waals surface area contributed by atoms with Gasteiger partial charge in [-0.2, -0.15) is 0 Å². The monoisotopic (exact) mass is 581 g/mol. The van der Waals surface area contributed by atoms with Gasteiger partial charge in [0, 0.05) is 38.2 Å². The fourth-order valence-electron chi connectivity index (χ4n) is 6.45. The number of aliphatic imine (C=N–C) groups is 1. The van der Waals surface area contributed by atoms with E-state index >= 15 is 0 Å². The van der Waals surface area contributed by atoms with Crippen LogP contribution in [-0.2, 0) is 19.1 Å². The number of hydrogen-bond acceptors (Lipinski definition) is 7. The number of hydrogen-bond donors (Lipinski definition) is 0. The fraction of sp³-hybridized carbons (Fsp3) is 0.371. The van der Waals surface area contributed by atoms with Crippen molar-refractivity contribution in [3.8, 4) is 5.75 Å². The number of ketones is 1. The molecule has 8 heteroatoms. The lowest BCUT2D eigenvalue weighted by atomic mass is 9.71. The number of anilines is 2. The van der Waals surface area contributed by atoms with Gasteiger partial charge in [-0.05, 0) is 79.3 Å². The highest BCUT2D eigenvalue weighted by Crippen LogP contribution is 2.48. The predicted octanol–water partition coefficient (Wildman–Crippen LogP) is 6.34. The van der Waals surface area contributed by atoms with Crippen LogP contribution < -0.4 is 14.5 Å². The van der Waals surface area contributed by atoms with E-state index in [2.05, 4.69) is 17.9 Å². The maximum Gasteiger partial charge on any atom is 0.302 e. The number of benzene rings is 3. The van der Waals surface area contributed by atoms with Crippen LogP contribution in [0.2, 0.25) is 0 Å². The van der Waals surface area contributed by atoms with Crippen molar-refractivity contribution in [1.29, 1.82) is 0 Å². The van der Waals surface area contributed by atoms with Crippen molar-refractivity contribution in [2.75, 3.05) is 36.6 Å². The molecule has 8 nitrogen and oxygen atoms in total. The molecule has 3 aromatic carbocycles. The number of aryl methyl sites for hydroxylation is 1. The lowest BCUT2D eigenvalue weighted by Crippen LogP contribution is -2.45. The Bertz CT molecular complexity index is 1550. The smallest absolute Gasteiger partial charge is 0.302 e. The molecule has 3 atom stereocenters. The molecule has 3 aromatic rings. The number of carbonyl (C=O) groups is 3. The molecule has 1 heterocycles. The summed E-state index contributed by atoms with van der Waals surface area (Å²) in [7, 11) is 1.64. The zero-order valence-corrected chi connectivity index (χ0v) is 25.5. The Morgan fingerprint density at radius 1 is 1.02 bits per heavy atom. The summed E-state index contributed by atoms with van der Waals surface area (Å²) < 4.78 is 10.5. The molecular weight excluding hydrogens is 542 g/mol. The Labute approximate surface area is 253 Å². The maximum absolute atomic E-state index is 14.2. The van der Waals surface area contributed by atoms with E-state index in [0.29, 0.717) is 37.4 Å². The minimum absolute atomic E-state index is 0.0103. The second-order valence-corrected chi connectivity index (χ2v) is 11.2. The summed E-state index contributed by atoms with van der Waals surface area (Å²) in [6.45, 7) is 8.64. The maximum atomic E-state index is 14.2. The molecular formula is C35H39N3O5. The summed E-state index contributed by atoms with van der Waals surface area (Å²) in [6.07, 6.45) is 0.988. The summed E-state index contributed by atoms with van der Waals surface area (Å²) in [5.41, 5.74) is 6.16. The van der Waals surface area contributed by atoms with Gasteiger partial charge in [-0.1, -0.05) is 30.3 Å². The third-order valence-electron chi connectivity index (χ3n) is 8.52. The van der Waals surface area contributed by atoms with Gasteiger partial charge >= 0.3 is 5.97 Å². The SMILES string of the molecule is CCN(CCOC(C)=O)c1ccc(C2C3C(=O)CC(c4ccc(OC)cc4)CC3=Nc3ccccc3N2C(C)=O)c(C)c1. The molecule has 1 aliphatic heterocycles. The summed E-state index contributed by atoms with van der Waals surface area (Å²) in [5.74, 6) is -0.169. The Balaban J connectivity index is 1.57. The molecule has 0 bridgehead atoms. The molecule has 1 amide bonds. The Hall–Kier alpha value is -4.46. The van der Waals surface area contributed by atoms with E-state index in [-0.39, 0.29) is 23.6 Å². The van der Waals surface area contributed by atoms with Crippen molar-refractivity contribution in [3.63, 3.8) is 0 Å². The quantitative estimate of drug-likeness (QED) is 0.289. The normalized spacial score (nSPS) is 19.5. The molecule has 224 valence electrons. The average Bonchev–Trinajstić information content (AvgIpc) is 3.14. The van der Waals surface area contributed by atoms with Crippen molar-refractivity contribution in [1.82, 2.24) is 0 Å².